The molecule has 0 unspecified atom stereocenters. The predicted molar refractivity (Wildman–Crippen MR) is 102 cm³/mol. The van der Waals surface area contributed by atoms with E-state index in [1.54, 1.807) is 6.92 Å². The number of carbonyl (C=O) groups excluding carboxylic acids is 1. The van der Waals surface area contributed by atoms with Crippen LogP contribution in [-0.2, 0) is 6.54 Å². The Kier molecular flexibility index (Phi) is 4.37. The van der Waals surface area contributed by atoms with Crippen LogP contribution in [0.4, 0.5) is 10.5 Å². The van der Waals surface area contributed by atoms with Crippen LogP contribution in [0.3, 0.4) is 0 Å². The van der Waals surface area contributed by atoms with Gasteiger partial charge in [0.05, 0.1) is 5.69 Å². The highest BCUT2D eigenvalue weighted by molar-refractivity contribution is 7.14. The molecule has 130 valence electrons. The van der Waals surface area contributed by atoms with E-state index >= 15 is 0 Å². The van der Waals surface area contributed by atoms with Gasteiger partial charge in [-0.05, 0) is 34.7 Å². The number of nitrogens with zero attached hydrogens (tertiary/aromatic N) is 2. The summed E-state index contributed by atoms with van der Waals surface area (Å²) in [5, 5.41) is 13.7. The molecule has 6 nitrogen and oxygen atoms in total. The number of rotatable bonds is 4. The van der Waals surface area contributed by atoms with Crippen LogP contribution in [0.5, 0.6) is 0 Å². The normalized spacial score (nSPS) is 10.8. The first-order chi connectivity index (χ1) is 12.7. The van der Waals surface area contributed by atoms with Gasteiger partial charge >= 0.3 is 6.03 Å². The quantitative estimate of drug-likeness (QED) is 0.555. The Morgan fingerprint density at radius 2 is 2.00 bits per heavy atom. The molecule has 0 radical (unpaired) electrons. The van der Waals surface area contributed by atoms with Crippen LogP contribution in [0.15, 0.2) is 58.4 Å². The van der Waals surface area contributed by atoms with Crippen LogP contribution >= 0.6 is 11.3 Å². The summed E-state index contributed by atoms with van der Waals surface area (Å²) in [6.07, 6.45) is 0. The van der Waals surface area contributed by atoms with Gasteiger partial charge in [0.25, 0.3) is 5.89 Å². The molecule has 2 N–H and O–H groups in total. The van der Waals surface area contributed by atoms with Crippen molar-refractivity contribution in [1.82, 2.24) is 15.5 Å². The van der Waals surface area contributed by atoms with Gasteiger partial charge in [-0.25, -0.2) is 4.79 Å². The van der Waals surface area contributed by atoms with Crippen molar-refractivity contribution in [2.75, 3.05) is 5.32 Å². The van der Waals surface area contributed by atoms with Gasteiger partial charge in [-0.3, -0.25) is 0 Å². The van der Waals surface area contributed by atoms with Crippen molar-refractivity contribution in [3.8, 4) is 10.8 Å². The third-order valence-electron chi connectivity index (χ3n) is 3.95. The molecular formula is C19H16N4O2S. The first-order valence-electron chi connectivity index (χ1n) is 8.10. The number of hydrogen-bond acceptors (Lipinski definition) is 5. The highest BCUT2D eigenvalue weighted by Crippen LogP contribution is 2.32. The lowest BCUT2D eigenvalue weighted by atomic mass is 10.0. The van der Waals surface area contributed by atoms with Crippen LogP contribution in [0.25, 0.3) is 21.5 Å². The molecule has 2 aromatic heterocycles. The molecule has 2 aromatic carbocycles. The second-order valence-corrected chi connectivity index (χ2v) is 6.67. The summed E-state index contributed by atoms with van der Waals surface area (Å²) in [5.41, 5.74) is 1.71. The lowest BCUT2D eigenvalue weighted by Crippen LogP contribution is -2.28. The Balaban J connectivity index is 1.46. The number of fused-ring (bicyclic) bond motifs is 1. The first kappa shape index (κ1) is 16.3. The van der Waals surface area contributed by atoms with Gasteiger partial charge in [0.15, 0.2) is 5.82 Å². The van der Waals surface area contributed by atoms with Crippen molar-refractivity contribution in [3.05, 3.63) is 65.3 Å². The Labute approximate surface area is 153 Å². The van der Waals surface area contributed by atoms with Gasteiger partial charge in [0.1, 0.15) is 4.88 Å². The molecule has 0 saturated heterocycles. The van der Waals surface area contributed by atoms with E-state index in [-0.39, 0.29) is 6.03 Å². The SMILES string of the molecule is Cc1noc(-c2sccc2NC(=O)NCc2cccc3ccccc23)n1. The average Bonchev–Trinajstić information content (AvgIpc) is 3.28. The minimum absolute atomic E-state index is 0.283. The van der Waals surface area contributed by atoms with E-state index in [0.717, 1.165) is 21.2 Å². The molecule has 0 saturated carbocycles. The van der Waals surface area contributed by atoms with Crippen molar-refractivity contribution in [1.29, 1.82) is 0 Å². The van der Waals surface area contributed by atoms with Gasteiger partial charge in [-0.2, -0.15) is 4.98 Å². The molecule has 26 heavy (non-hydrogen) atoms. The lowest BCUT2D eigenvalue weighted by Gasteiger charge is -2.09. The molecule has 0 atom stereocenters. The molecule has 0 aliphatic carbocycles. The molecule has 4 aromatic rings. The molecule has 0 aliphatic rings. The Morgan fingerprint density at radius 1 is 1.15 bits per heavy atom. The molecule has 0 aliphatic heterocycles. The maximum atomic E-state index is 12.3. The second kappa shape index (κ2) is 6.97. The molecule has 0 spiro atoms. The smallest absolute Gasteiger partial charge is 0.319 e. The molecule has 4 rings (SSSR count). The van der Waals surface area contributed by atoms with Crippen LogP contribution in [0.2, 0.25) is 0 Å². The second-order valence-electron chi connectivity index (χ2n) is 5.76. The third-order valence-corrected chi connectivity index (χ3v) is 4.86. The third kappa shape index (κ3) is 3.29. The summed E-state index contributed by atoms with van der Waals surface area (Å²) >= 11 is 1.44. The Morgan fingerprint density at radius 3 is 2.85 bits per heavy atom. The number of urea groups is 1. The molecule has 0 bridgehead atoms. The van der Waals surface area contributed by atoms with Crippen LogP contribution < -0.4 is 10.6 Å². The summed E-state index contributed by atoms with van der Waals surface area (Å²) in [6, 6.07) is 15.7. The van der Waals surface area contributed by atoms with Crippen LogP contribution in [0.1, 0.15) is 11.4 Å². The molecule has 2 amide bonds. The zero-order chi connectivity index (χ0) is 17.9. The van der Waals surface area contributed by atoms with Crippen LogP contribution in [-0.4, -0.2) is 16.2 Å². The fourth-order valence-corrected chi connectivity index (χ4v) is 3.52. The largest absolute Gasteiger partial charge is 0.334 e. The minimum atomic E-state index is -0.283. The summed E-state index contributed by atoms with van der Waals surface area (Å²) in [4.78, 5) is 17.3. The van der Waals surface area contributed by atoms with E-state index < -0.39 is 0 Å². The van der Waals surface area contributed by atoms with E-state index in [2.05, 4.69) is 39.0 Å². The highest BCUT2D eigenvalue weighted by atomic mass is 32.1. The Bertz CT molecular complexity index is 1060. The number of nitrogens with one attached hydrogen (secondary N) is 2. The number of aryl methyl sites for hydroxylation is 1. The van der Waals surface area contributed by atoms with Gasteiger partial charge in [0.2, 0.25) is 0 Å². The zero-order valence-corrected chi connectivity index (χ0v) is 14.8. The number of amides is 2. The summed E-state index contributed by atoms with van der Waals surface area (Å²) in [5.74, 6) is 0.960. The Hall–Kier alpha value is -3.19. The maximum Gasteiger partial charge on any atom is 0.319 e. The molecule has 2 heterocycles. The van der Waals surface area contributed by atoms with Gasteiger partial charge in [0, 0.05) is 6.54 Å². The van der Waals surface area contributed by atoms with E-state index in [1.807, 2.05) is 35.7 Å². The number of anilines is 1. The van der Waals surface area contributed by atoms with E-state index in [4.69, 9.17) is 4.52 Å². The van der Waals surface area contributed by atoms with Crippen molar-refractivity contribution in [2.45, 2.75) is 13.5 Å². The van der Waals surface area contributed by atoms with Crippen molar-refractivity contribution in [2.24, 2.45) is 0 Å². The van der Waals surface area contributed by atoms with Crippen molar-refractivity contribution >= 4 is 33.8 Å². The highest BCUT2D eigenvalue weighted by Gasteiger charge is 2.15. The van der Waals surface area contributed by atoms with E-state index in [1.165, 1.54) is 11.3 Å². The molecular weight excluding hydrogens is 348 g/mol. The number of carbonyl (C=O) groups is 1. The molecule has 7 heteroatoms. The zero-order valence-electron chi connectivity index (χ0n) is 14.0. The topological polar surface area (TPSA) is 80.0 Å². The lowest BCUT2D eigenvalue weighted by molar-refractivity contribution is 0.252. The minimum Gasteiger partial charge on any atom is -0.334 e. The van der Waals surface area contributed by atoms with Crippen LogP contribution in [0, 0.1) is 6.92 Å². The van der Waals surface area contributed by atoms with Crippen molar-refractivity contribution in [3.63, 3.8) is 0 Å². The number of thiophene rings is 1. The van der Waals surface area contributed by atoms with Gasteiger partial charge in [-0.15, -0.1) is 11.3 Å². The fraction of sp³-hybridized carbons (Fsp3) is 0.105. The monoisotopic (exact) mass is 364 g/mol. The number of aromatic nitrogens is 2. The predicted octanol–water partition coefficient (Wildman–Crippen LogP) is 4.58. The van der Waals surface area contributed by atoms with Gasteiger partial charge in [-0.1, -0.05) is 47.6 Å². The average molecular weight is 364 g/mol. The fourth-order valence-electron chi connectivity index (χ4n) is 2.75. The number of benzene rings is 2. The summed E-state index contributed by atoms with van der Waals surface area (Å²) in [7, 11) is 0. The summed E-state index contributed by atoms with van der Waals surface area (Å²) in [6.45, 7) is 2.19. The van der Waals surface area contributed by atoms with E-state index in [0.29, 0.717) is 23.9 Å². The standard InChI is InChI=1S/C19H16N4O2S/c1-12-21-18(25-23-12)17-16(9-10-26-17)22-19(24)20-11-14-7-4-6-13-5-2-3-8-15(13)14/h2-10H,11H2,1H3,(H2,20,22,24). The van der Waals surface area contributed by atoms with E-state index in [9.17, 15) is 4.79 Å². The summed E-state index contributed by atoms with van der Waals surface area (Å²) < 4.78 is 5.19. The number of hydrogen-bond donors (Lipinski definition) is 2. The maximum absolute atomic E-state index is 12.3. The first-order valence-corrected chi connectivity index (χ1v) is 8.98. The molecule has 0 fully saturated rings. The van der Waals surface area contributed by atoms with Crippen molar-refractivity contribution < 1.29 is 9.32 Å². The van der Waals surface area contributed by atoms with Gasteiger partial charge < -0.3 is 15.2 Å².